The normalized spacial score (nSPS) is 14.0. The van der Waals surface area contributed by atoms with Gasteiger partial charge in [-0.25, -0.2) is 4.79 Å². The lowest BCUT2D eigenvalue weighted by atomic mass is 9.96. The Morgan fingerprint density at radius 1 is 0.975 bits per heavy atom. The van der Waals surface area contributed by atoms with Crippen molar-refractivity contribution in [3.8, 4) is 11.5 Å². The highest BCUT2D eigenvalue weighted by Crippen LogP contribution is 2.30. The number of alkyl carbamates (subject to hydrolysis) is 1. The third-order valence-electron chi connectivity index (χ3n) is 6.25. The van der Waals surface area contributed by atoms with Crippen molar-refractivity contribution in [1.82, 2.24) is 15.5 Å². The number of carbonyl (C=O) groups excluding carboxylic acids is 3. The molecule has 3 atom stereocenters. The molecule has 2 aromatic carbocycles. The van der Waals surface area contributed by atoms with Crippen LogP contribution in [0.2, 0.25) is 0 Å². The van der Waals surface area contributed by atoms with Crippen molar-refractivity contribution in [2.24, 2.45) is 0 Å². The maximum Gasteiger partial charge on any atom is 0.408 e. The molecule has 3 amide bonds. The molecular formula is C31H45N3O6. The summed E-state index contributed by atoms with van der Waals surface area (Å²) in [7, 11) is 0. The quantitative estimate of drug-likeness (QED) is 0.340. The number of aryl methyl sites for hydroxylation is 1. The second kappa shape index (κ2) is 13.1. The van der Waals surface area contributed by atoms with E-state index in [1.54, 1.807) is 52.0 Å². The second-order valence-electron chi connectivity index (χ2n) is 12.3. The van der Waals surface area contributed by atoms with E-state index in [0.29, 0.717) is 23.1 Å². The van der Waals surface area contributed by atoms with E-state index in [9.17, 15) is 24.6 Å². The fraction of sp³-hybridized carbons (Fsp3) is 0.516. The van der Waals surface area contributed by atoms with Crippen molar-refractivity contribution in [1.29, 1.82) is 0 Å². The summed E-state index contributed by atoms with van der Waals surface area (Å²) in [5, 5.41) is 25.6. The molecule has 0 saturated heterocycles. The van der Waals surface area contributed by atoms with Crippen LogP contribution in [0.5, 0.6) is 11.5 Å². The zero-order valence-electron chi connectivity index (χ0n) is 25.2. The molecule has 0 heterocycles. The molecular weight excluding hydrogens is 510 g/mol. The second-order valence-corrected chi connectivity index (χ2v) is 12.3. The number of amides is 3. The standard InChI is InChI=1S/C31H45N3O6/c1-10-20(3)34(26(27(37)33-30(4,5)6)22-13-16-25(36)19(2)17-22)28(38)24(32-29(39)40-31(7,8)9)18-21-11-14-23(35)15-12-21/h11-17,20,24,26,35-36H,10,18H2,1-9H3,(H,32,39)(H,33,37). The molecule has 0 aliphatic rings. The number of hydrogen-bond acceptors (Lipinski definition) is 6. The van der Waals surface area contributed by atoms with Gasteiger partial charge in [-0.05, 0) is 103 Å². The Morgan fingerprint density at radius 3 is 2.08 bits per heavy atom. The molecule has 9 heteroatoms. The Hall–Kier alpha value is -3.75. The smallest absolute Gasteiger partial charge is 0.408 e. The Labute approximate surface area is 237 Å². The number of phenols is 2. The van der Waals surface area contributed by atoms with Crippen LogP contribution >= 0.6 is 0 Å². The van der Waals surface area contributed by atoms with E-state index in [1.807, 2.05) is 34.6 Å². The van der Waals surface area contributed by atoms with Gasteiger partial charge in [0.2, 0.25) is 11.8 Å². The molecule has 220 valence electrons. The molecule has 40 heavy (non-hydrogen) atoms. The van der Waals surface area contributed by atoms with Gasteiger partial charge in [-0.1, -0.05) is 25.1 Å². The average molecular weight is 556 g/mol. The zero-order chi connectivity index (χ0) is 30.4. The van der Waals surface area contributed by atoms with Crippen LogP contribution in [0, 0.1) is 6.92 Å². The maximum absolute atomic E-state index is 14.4. The monoisotopic (exact) mass is 555 g/mol. The fourth-order valence-electron chi connectivity index (χ4n) is 4.22. The van der Waals surface area contributed by atoms with Gasteiger partial charge in [-0.15, -0.1) is 0 Å². The minimum absolute atomic E-state index is 0.0783. The highest BCUT2D eigenvalue weighted by Gasteiger charge is 2.39. The van der Waals surface area contributed by atoms with E-state index in [2.05, 4.69) is 10.6 Å². The van der Waals surface area contributed by atoms with Crippen LogP contribution in [0.3, 0.4) is 0 Å². The van der Waals surface area contributed by atoms with E-state index in [0.717, 1.165) is 0 Å². The van der Waals surface area contributed by atoms with Gasteiger partial charge in [-0.3, -0.25) is 9.59 Å². The minimum atomic E-state index is -1.07. The molecule has 3 unspecified atom stereocenters. The molecule has 2 rings (SSSR count). The third kappa shape index (κ3) is 9.47. The van der Waals surface area contributed by atoms with Gasteiger partial charge in [0.25, 0.3) is 0 Å². The van der Waals surface area contributed by atoms with Crippen LogP contribution in [-0.2, 0) is 20.7 Å². The highest BCUT2D eigenvalue weighted by atomic mass is 16.6. The first kappa shape index (κ1) is 32.5. The maximum atomic E-state index is 14.4. The van der Waals surface area contributed by atoms with Crippen molar-refractivity contribution < 1.29 is 29.3 Å². The molecule has 4 N–H and O–H groups in total. The van der Waals surface area contributed by atoms with Crippen LogP contribution in [0.1, 0.15) is 84.5 Å². The number of nitrogens with one attached hydrogen (secondary N) is 2. The summed E-state index contributed by atoms with van der Waals surface area (Å²) in [5.41, 5.74) is 0.436. The Morgan fingerprint density at radius 2 is 1.57 bits per heavy atom. The number of hydrogen-bond donors (Lipinski definition) is 4. The van der Waals surface area contributed by atoms with Crippen LogP contribution < -0.4 is 10.6 Å². The van der Waals surface area contributed by atoms with Gasteiger partial charge in [0, 0.05) is 18.0 Å². The van der Waals surface area contributed by atoms with Gasteiger partial charge in [-0.2, -0.15) is 0 Å². The first-order valence-electron chi connectivity index (χ1n) is 13.6. The Kier molecular flexibility index (Phi) is 10.6. The van der Waals surface area contributed by atoms with Crippen LogP contribution in [0.4, 0.5) is 4.79 Å². The number of aromatic hydroxyl groups is 2. The van der Waals surface area contributed by atoms with Crippen molar-refractivity contribution >= 4 is 17.9 Å². The van der Waals surface area contributed by atoms with Crippen LogP contribution in [0.15, 0.2) is 42.5 Å². The molecule has 9 nitrogen and oxygen atoms in total. The van der Waals surface area contributed by atoms with E-state index in [1.165, 1.54) is 23.1 Å². The van der Waals surface area contributed by atoms with Gasteiger partial charge in [0.15, 0.2) is 0 Å². The van der Waals surface area contributed by atoms with Gasteiger partial charge >= 0.3 is 6.09 Å². The Bertz CT molecular complexity index is 1180. The fourth-order valence-corrected chi connectivity index (χ4v) is 4.22. The van der Waals surface area contributed by atoms with E-state index in [4.69, 9.17) is 4.74 Å². The summed E-state index contributed by atoms with van der Waals surface area (Å²) < 4.78 is 5.46. The zero-order valence-corrected chi connectivity index (χ0v) is 25.2. The molecule has 0 radical (unpaired) electrons. The summed E-state index contributed by atoms with van der Waals surface area (Å²) in [6.45, 7) is 16.3. The van der Waals surface area contributed by atoms with Crippen molar-refractivity contribution in [2.75, 3.05) is 0 Å². The number of benzene rings is 2. The van der Waals surface area contributed by atoms with Crippen molar-refractivity contribution in [3.05, 3.63) is 59.2 Å². The molecule has 0 aliphatic heterocycles. The number of rotatable bonds is 9. The van der Waals surface area contributed by atoms with Crippen molar-refractivity contribution in [3.63, 3.8) is 0 Å². The van der Waals surface area contributed by atoms with E-state index < -0.39 is 35.2 Å². The molecule has 0 spiro atoms. The largest absolute Gasteiger partial charge is 0.508 e. The third-order valence-corrected chi connectivity index (χ3v) is 6.25. The topological polar surface area (TPSA) is 128 Å². The first-order valence-corrected chi connectivity index (χ1v) is 13.6. The highest BCUT2D eigenvalue weighted by molar-refractivity contribution is 5.92. The lowest BCUT2D eigenvalue weighted by molar-refractivity contribution is -0.145. The van der Waals surface area contributed by atoms with Gasteiger partial charge in [0.1, 0.15) is 29.2 Å². The van der Waals surface area contributed by atoms with Gasteiger partial charge < -0.3 is 30.5 Å². The van der Waals surface area contributed by atoms with Gasteiger partial charge in [0.05, 0.1) is 0 Å². The summed E-state index contributed by atoms with van der Waals surface area (Å²) in [5.74, 6) is -0.688. The molecule has 0 bridgehead atoms. The lowest BCUT2D eigenvalue weighted by Gasteiger charge is -2.39. The van der Waals surface area contributed by atoms with Crippen LogP contribution in [-0.4, -0.2) is 56.2 Å². The summed E-state index contributed by atoms with van der Waals surface area (Å²) >= 11 is 0. The minimum Gasteiger partial charge on any atom is -0.508 e. The Balaban J connectivity index is 2.64. The first-order chi connectivity index (χ1) is 18.4. The molecule has 0 fully saturated rings. The molecule has 0 saturated carbocycles. The number of nitrogens with zero attached hydrogens (tertiary/aromatic N) is 1. The average Bonchev–Trinajstić information content (AvgIpc) is 2.82. The lowest BCUT2D eigenvalue weighted by Crippen LogP contribution is -2.57. The molecule has 2 aromatic rings. The predicted octanol–water partition coefficient (Wildman–Crippen LogP) is 5.13. The summed E-state index contributed by atoms with van der Waals surface area (Å²) in [6, 6.07) is 8.70. The molecule has 0 aliphatic carbocycles. The van der Waals surface area contributed by atoms with E-state index in [-0.39, 0.29) is 29.9 Å². The SMILES string of the molecule is CCC(C)N(C(=O)C(Cc1ccc(O)cc1)NC(=O)OC(C)(C)C)C(C(=O)NC(C)(C)C)c1ccc(O)c(C)c1. The summed E-state index contributed by atoms with van der Waals surface area (Å²) in [6.07, 6.45) is -0.113. The van der Waals surface area contributed by atoms with E-state index >= 15 is 0 Å². The number of carbonyl (C=O) groups is 3. The molecule has 0 aromatic heterocycles. The number of ether oxygens (including phenoxy) is 1. The van der Waals surface area contributed by atoms with Crippen LogP contribution in [0.25, 0.3) is 0 Å². The summed E-state index contributed by atoms with van der Waals surface area (Å²) in [4.78, 5) is 42.7. The predicted molar refractivity (Wildman–Crippen MR) is 155 cm³/mol. The van der Waals surface area contributed by atoms with Crippen molar-refractivity contribution in [2.45, 2.75) is 104 Å². The number of phenolic OH excluding ortho intramolecular Hbond substituents is 2.